The highest BCUT2D eigenvalue weighted by Gasteiger charge is 2.08. The Morgan fingerprint density at radius 1 is 1.00 bits per heavy atom. The summed E-state index contributed by atoms with van der Waals surface area (Å²) >= 11 is 0. The van der Waals surface area contributed by atoms with Crippen LogP contribution < -0.4 is 5.43 Å². The number of tetrazole rings is 1. The van der Waals surface area contributed by atoms with Gasteiger partial charge in [-0.05, 0) is 39.4 Å². The van der Waals surface area contributed by atoms with Gasteiger partial charge in [0, 0.05) is 17.0 Å². The summed E-state index contributed by atoms with van der Waals surface area (Å²) in [5.41, 5.74) is 0.569. The lowest BCUT2D eigenvalue weighted by Gasteiger charge is -1.98. The lowest BCUT2D eigenvalue weighted by Crippen LogP contribution is -1.94. The summed E-state index contributed by atoms with van der Waals surface area (Å²) in [6.45, 7) is 0. The molecule has 5 nitrogen and oxygen atoms in total. The molecule has 0 fully saturated rings. The molecule has 0 aliphatic heterocycles. The van der Waals surface area contributed by atoms with E-state index >= 15 is 0 Å². The van der Waals surface area contributed by atoms with E-state index in [2.05, 4.69) is 15.5 Å². The van der Waals surface area contributed by atoms with Gasteiger partial charge in [0.1, 0.15) is 0 Å². The van der Waals surface area contributed by atoms with Gasteiger partial charge >= 0.3 is 0 Å². The Bertz CT molecular complexity index is 912. The minimum absolute atomic E-state index is 0.0364. The van der Waals surface area contributed by atoms with Gasteiger partial charge in [0.15, 0.2) is 11.1 Å². The first-order valence-corrected chi connectivity index (χ1v) is 5.20. The highest BCUT2D eigenvalue weighted by Crippen LogP contribution is 2.27. The van der Waals surface area contributed by atoms with Crippen molar-refractivity contribution in [3.05, 3.63) is 46.8 Å². The zero-order valence-electron chi connectivity index (χ0n) is 8.66. The third-order valence-electron chi connectivity index (χ3n) is 3.02. The van der Waals surface area contributed by atoms with Gasteiger partial charge in [-0.1, -0.05) is 12.1 Å². The molecule has 0 aliphatic carbocycles. The molecule has 4 rings (SSSR count). The Hall–Kier alpha value is -2.56. The first-order valence-electron chi connectivity index (χ1n) is 5.20. The maximum absolute atomic E-state index is 11.5. The van der Waals surface area contributed by atoms with Crippen LogP contribution in [0.1, 0.15) is 0 Å². The van der Waals surface area contributed by atoms with Gasteiger partial charge in [-0.15, -0.1) is 5.10 Å². The third-order valence-corrected chi connectivity index (χ3v) is 3.02. The molecule has 0 aliphatic rings. The van der Waals surface area contributed by atoms with Crippen molar-refractivity contribution in [2.75, 3.05) is 0 Å². The molecule has 80 valence electrons. The van der Waals surface area contributed by atoms with E-state index in [0.717, 1.165) is 21.5 Å². The molecule has 2 aromatic heterocycles. The lowest BCUT2D eigenvalue weighted by molar-refractivity contribution is 0.827. The topological polar surface area (TPSA) is 60.2 Å². The molecule has 0 amide bonds. The van der Waals surface area contributed by atoms with Crippen molar-refractivity contribution in [3.8, 4) is 0 Å². The molecule has 0 radical (unpaired) electrons. The molecule has 5 heteroatoms. The van der Waals surface area contributed by atoms with Crippen LogP contribution in [0.2, 0.25) is 0 Å². The maximum atomic E-state index is 11.5. The van der Waals surface area contributed by atoms with E-state index in [0.29, 0.717) is 5.65 Å². The highest BCUT2D eigenvalue weighted by atomic mass is 16.1. The molecule has 0 atom stereocenters. The van der Waals surface area contributed by atoms with Crippen molar-refractivity contribution in [3.63, 3.8) is 0 Å². The zero-order valence-corrected chi connectivity index (χ0v) is 8.66. The monoisotopic (exact) mass is 222 g/mol. The SMILES string of the molecule is O=c1ccc2c3ccc3cn3nnnc3c2c1. The standard InChI is InChI=1S/C12H6N4O/c17-8-2-4-10-9-3-1-7(9)6-16-12(11(10)5-8)13-14-15-16/h1-6H. The Morgan fingerprint density at radius 3 is 2.71 bits per heavy atom. The molecule has 0 saturated heterocycles. The van der Waals surface area contributed by atoms with Gasteiger partial charge in [0.05, 0.1) is 0 Å². The van der Waals surface area contributed by atoms with Crippen LogP contribution >= 0.6 is 0 Å². The van der Waals surface area contributed by atoms with E-state index in [9.17, 15) is 4.79 Å². The smallest absolute Gasteiger partial charge is 0.187 e. The largest absolute Gasteiger partial charge is 0.290 e. The van der Waals surface area contributed by atoms with Gasteiger partial charge in [-0.2, -0.15) is 4.52 Å². The average molecular weight is 222 g/mol. The molecular formula is C12H6N4O. The number of aromatic nitrogens is 4. The molecule has 4 aromatic rings. The van der Waals surface area contributed by atoms with Crippen LogP contribution in [-0.2, 0) is 0 Å². The fraction of sp³-hybridized carbons (Fsp3) is 0. The van der Waals surface area contributed by atoms with E-state index in [-0.39, 0.29) is 5.43 Å². The van der Waals surface area contributed by atoms with E-state index < -0.39 is 0 Å². The molecule has 0 unspecified atom stereocenters. The van der Waals surface area contributed by atoms with Gasteiger partial charge in [-0.3, -0.25) is 4.79 Å². The van der Waals surface area contributed by atoms with Gasteiger partial charge in [-0.25, -0.2) is 0 Å². The van der Waals surface area contributed by atoms with Gasteiger partial charge in [0.2, 0.25) is 0 Å². The van der Waals surface area contributed by atoms with Crippen LogP contribution in [0.4, 0.5) is 0 Å². The van der Waals surface area contributed by atoms with Crippen LogP contribution in [0.5, 0.6) is 0 Å². The van der Waals surface area contributed by atoms with Crippen molar-refractivity contribution >= 4 is 27.2 Å². The number of nitrogens with zero attached hydrogens (tertiary/aromatic N) is 4. The van der Waals surface area contributed by atoms with E-state index in [1.807, 2.05) is 24.4 Å². The second kappa shape index (κ2) is 2.76. The average Bonchev–Trinajstić information content (AvgIpc) is 2.72. The predicted octanol–water partition coefficient (Wildman–Crippen LogP) is 1.23. The Balaban J connectivity index is 2.47. The molecule has 0 N–H and O–H groups in total. The minimum atomic E-state index is -0.0364. The molecule has 0 saturated carbocycles. The summed E-state index contributed by atoms with van der Waals surface area (Å²) in [4.78, 5) is 11.5. The Kier molecular flexibility index (Phi) is 1.39. The summed E-state index contributed by atoms with van der Waals surface area (Å²) in [5, 5.41) is 15.5. The highest BCUT2D eigenvalue weighted by molar-refractivity contribution is 6.11. The molecule has 2 aromatic carbocycles. The second-order valence-corrected chi connectivity index (χ2v) is 3.99. The minimum Gasteiger partial charge on any atom is -0.290 e. The summed E-state index contributed by atoms with van der Waals surface area (Å²) in [7, 11) is 0. The van der Waals surface area contributed by atoms with Gasteiger partial charge < -0.3 is 0 Å². The van der Waals surface area contributed by atoms with E-state index in [4.69, 9.17) is 0 Å². The molecule has 0 spiro atoms. The first-order chi connectivity index (χ1) is 8.33. The van der Waals surface area contributed by atoms with E-state index in [1.165, 1.54) is 0 Å². The maximum Gasteiger partial charge on any atom is 0.187 e. The van der Waals surface area contributed by atoms with Crippen molar-refractivity contribution in [1.29, 1.82) is 0 Å². The number of rotatable bonds is 0. The van der Waals surface area contributed by atoms with Crippen molar-refractivity contribution in [2.45, 2.75) is 0 Å². The van der Waals surface area contributed by atoms with Gasteiger partial charge in [0.25, 0.3) is 0 Å². The number of hydrogen-bond donors (Lipinski definition) is 0. The molecule has 17 heavy (non-hydrogen) atoms. The summed E-state index contributed by atoms with van der Waals surface area (Å²) in [5.74, 6) is 0. The first kappa shape index (κ1) is 8.58. The fourth-order valence-corrected chi connectivity index (χ4v) is 2.15. The van der Waals surface area contributed by atoms with E-state index in [1.54, 1.807) is 16.6 Å². The van der Waals surface area contributed by atoms with Crippen LogP contribution in [0.15, 0.2) is 41.3 Å². The zero-order chi connectivity index (χ0) is 11.4. The molecule has 2 heterocycles. The Morgan fingerprint density at radius 2 is 1.88 bits per heavy atom. The fourth-order valence-electron chi connectivity index (χ4n) is 2.15. The van der Waals surface area contributed by atoms with Crippen LogP contribution in [-0.4, -0.2) is 20.0 Å². The van der Waals surface area contributed by atoms with Crippen LogP contribution in [0.3, 0.4) is 0 Å². The normalized spacial score (nSPS) is 11.8. The predicted molar refractivity (Wildman–Crippen MR) is 63.3 cm³/mol. The van der Waals surface area contributed by atoms with Crippen LogP contribution in [0.25, 0.3) is 27.2 Å². The Labute approximate surface area is 94.6 Å². The van der Waals surface area contributed by atoms with Crippen LogP contribution in [0, 0.1) is 0 Å². The summed E-state index contributed by atoms with van der Waals surface area (Å²) < 4.78 is 1.60. The van der Waals surface area contributed by atoms with Crippen molar-refractivity contribution in [2.24, 2.45) is 0 Å². The quantitative estimate of drug-likeness (QED) is 0.449. The number of benzene rings is 1. The number of hydrogen-bond acceptors (Lipinski definition) is 4. The second-order valence-electron chi connectivity index (χ2n) is 3.99. The third kappa shape index (κ3) is 1.02. The molecule has 0 bridgehead atoms. The molecular weight excluding hydrogens is 216 g/mol. The van der Waals surface area contributed by atoms with Crippen molar-refractivity contribution in [1.82, 2.24) is 20.0 Å². The number of fused-ring (bicyclic) bond motifs is 5. The summed E-state index contributed by atoms with van der Waals surface area (Å²) in [6.07, 6.45) is 1.87. The van der Waals surface area contributed by atoms with Crippen molar-refractivity contribution < 1.29 is 0 Å². The lowest BCUT2D eigenvalue weighted by atomic mass is 10.0. The summed E-state index contributed by atoms with van der Waals surface area (Å²) in [6, 6.07) is 8.99.